The minimum Gasteiger partial charge on any atom is -0.489 e. The van der Waals surface area contributed by atoms with E-state index in [2.05, 4.69) is 73.9 Å². The van der Waals surface area contributed by atoms with E-state index in [1.807, 2.05) is 6.07 Å². The SMILES string of the molecule is COCCOc1ccccc1N1CCN(c2c(C(C)C)cccc2C(C)C)C1. The standard InChI is InChI=1S/C24H34N2O2/c1-18(2)20-9-8-10-21(19(3)4)24(20)26-14-13-25(17-26)22-11-6-7-12-23(22)28-16-15-27-5/h6-12,18-19H,13-17H2,1-5H3. The average molecular weight is 383 g/mol. The molecule has 0 unspecified atom stereocenters. The minimum absolute atomic E-state index is 0.507. The molecule has 1 aliphatic heterocycles. The second-order valence-electron chi connectivity index (χ2n) is 8.07. The van der Waals surface area contributed by atoms with Crippen molar-refractivity contribution in [2.75, 3.05) is 49.9 Å². The van der Waals surface area contributed by atoms with E-state index in [9.17, 15) is 0 Å². The Morgan fingerprint density at radius 2 is 1.46 bits per heavy atom. The first kappa shape index (κ1) is 20.5. The highest BCUT2D eigenvalue weighted by atomic mass is 16.5. The van der Waals surface area contributed by atoms with Gasteiger partial charge in [0.25, 0.3) is 0 Å². The summed E-state index contributed by atoms with van der Waals surface area (Å²) >= 11 is 0. The molecule has 0 N–H and O–H groups in total. The van der Waals surface area contributed by atoms with Crippen molar-refractivity contribution in [2.45, 2.75) is 39.5 Å². The molecule has 3 rings (SSSR count). The number of hydrogen-bond donors (Lipinski definition) is 0. The van der Waals surface area contributed by atoms with E-state index in [1.165, 1.54) is 16.8 Å². The Hall–Kier alpha value is -2.20. The number of rotatable bonds is 8. The number of anilines is 2. The molecule has 0 spiro atoms. The molecule has 1 aliphatic rings. The first-order valence-electron chi connectivity index (χ1n) is 10.4. The highest BCUT2D eigenvalue weighted by Crippen LogP contribution is 2.38. The molecule has 0 bridgehead atoms. The van der Waals surface area contributed by atoms with Crippen LogP contribution in [0.15, 0.2) is 42.5 Å². The molecule has 0 amide bonds. The van der Waals surface area contributed by atoms with Crippen LogP contribution in [0.2, 0.25) is 0 Å². The highest BCUT2D eigenvalue weighted by molar-refractivity contribution is 5.66. The summed E-state index contributed by atoms with van der Waals surface area (Å²) in [6.07, 6.45) is 0. The molecule has 2 aromatic rings. The van der Waals surface area contributed by atoms with Gasteiger partial charge in [0.1, 0.15) is 12.4 Å². The normalized spacial score (nSPS) is 14.4. The second kappa shape index (κ2) is 9.33. The van der Waals surface area contributed by atoms with Gasteiger partial charge < -0.3 is 19.3 Å². The Kier molecular flexibility index (Phi) is 6.84. The number of ether oxygens (including phenoxy) is 2. The third-order valence-corrected chi connectivity index (χ3v) is 5.39. The highest BCUT2D eigenvalue weighted by Gasteiger charge is 2.27. The molecule has 1 saturated heterocycles. The van der Waals surface area contributed by atoms with E-state index in [-0.39, 0.29) is 0 Å². The van der Waals surface area contributed by atoms with Gasteiger partial charge in [0.05, 0.1) is 19.0 Å². The summed E-state index contributed by atoms with van der Waals surface area (Å²) in [7, 11) is 1.70. The van der Waals surface area contributed by atoms with E-state index >= 15 is 0 Å². The van der Waals surface area contributed by atoms with Crippen molar-refractivity contribution in [3.8, 4) is 5.75 Å². The first-order valence-corrected chi connectivity index (χ1v) is 10.4. The van der Waals surface area contributed by atoms with Crippen LogP contribution in [-0.4, -0.2) is 40.1 Å². The summed E-state index contributed by atoms with van der Waals surface area (Å²) in [6, 6.07) is 15.1. The van der Waals surface area contributed by atoms with Gasteiger partial charge in [0, 0.05) is 25.9 Å². The average Bonchev–Trinajstić information content (AvgIpc) is 3.17. The van der Waals surface area contributed by atoms with Crippen LogP contribution in [0, 0.1) is 0 Å². The lowest BCUT2D eigenvalue weighted by atomic mass is 9.92. The van der Waals surface area contributed by atoms with Crippen molar-refractivity contribution in [3.05, 3.63) is 53.6 Å². The van der Waals surface area contributed by atoms with Crippen LogP contribution in [0.25, 0.3) is 0 Å². The summed E-state index contributed by atoms with van der Waals surface area (Å²) in [5.74, 6) is 1.95. The fourth-order valence-corrected chi connectivity index (χ4v) is 3.92. The molecule has 2 aromatic carbocycles. The molecule has 1 heterocycles. The van der Waals surface area contributed by atoms with Crippen molar-refractivity contribution in [1.29, 1.82) is 0 Å². The van der Waals surface area contributed by atoms with Crippen LogP contribution in [0.4, 0.5) is 11.4 Å². The molecule has 4 nitrogen and oxygen atoms in total. The second-order valence-corrected chi connectivity index (χ2v) is 8.07. The zero-order valence-electron chi connectivity index (χ0n) is 17.9. The van der Waals surface area contributed by atoms with Gasteiger partial charge in [0.2, 0.25) is 0 Å². The third-order valence-electron chi connectivity index (χ3n) is 5.39. The maximum Gasteiger partial charge on any atom is 0.142 e. The summed E-state index contributed by atoms with van der Waals surface area (Å²) in [5.41, 5.74) is 5.47. The van der Waals surface area contributed by atoms with Gasteiger partial charge in [-0.05, 0) is 35.1 Å². The summed E-state index contributed by atoms with van der Waals surface area (Å²) < 4.78 is 11.1. The molecular formula is C24H34N2O2. The van der Waals surface area contributed by atoms with E-state index in [0.717, 1.165) is 31.2 Å². The van der Waals surface area contributed by atoms with Gasteiger partial charge >= 0.3 is 0 Å². The Morgan fingerprint density at radius 3 is 2.11 bits per heavy atom. The molecule has 0 radical (unpaired) electrons. The van der Waals surface area contributed by atoms with E-state index in [4.69, 9.17) is 9.47 Å². The van der Waals surface area contributed by atoms with E-state index < -0.39 is 0 Å². The van der Waals surface area contributed by atoms with E-state index in [0.29, 0.717) is 25.0 Å². The van der Waals surface area contributed by atoms with Crippen molar-refractivity contribution >= 4 is 11.4 Å². The Labute approximate surface area is 170 Å². The third kappa shape index (κ3) is 4.44. The van der Waals surface area contributed by atoms with Crippen molar-refractivity contribution in [3.63, 3.8) is 0 Å². The number of benzene rings is 2. The molecule has 152 valence electrons. The Bertz CT molecular complexity index is 747. The van der Waals surface area contributed by atoms with Crippen molar-refractivity contribution < 1.29 is 9.47 Å². The zero-order chi connectivity index (χ0) is 20.1. The fourth-order valence-electron chi connectivity index (χ4n) is 3.92. The van der Waals surface area contributed by atoms with Gasteiger partial charge in [0.15, 0.2) is 0 Å². The smallest absolute Gasteiger partial charge is 0.142 e. The number of methoxy groups -OCH3 is 1. The predicted octanol–water partition coefficient (Wildman–Crippen LogP) is 5.24. The molecule has 0 aliphatic carbocycles. The number of hydrogen-bond acceptors (Lipinski definition) is 4. The monoisotopic (exact) mass is 382 g/mol. The lowest BCUT2D eigenvalue weighted by Gasteiger charge is -2.29. The molecule has 0 aromatic heterocycles. The van der Waals surface area contributed by atoms with Crippen LogP contribution >= 0.6 is 0 Å². The van der Waals surface area contributed by atoms with Crippen LogP contribution in [0.1, 0.15) is 50.7 Å². The van der Waals surface area contributed by atoms with Crippen molar-refractivity contribution in [2.24, 2.45) is 0 Å². The van der Waals surface area contributed by atoms with Gasteiger partial charge in [-0.25, -0.2) is 0 Å². The molecule has 0 atom stereocenters. The number of nitrogens with zero attached hydrogens (tertiary/aromatic N) is 2. The Morgan fingerprint density at radius 1 is 0.821 bits per heavy atom. The molecule has 1 fully saturated rings. The minimum atomic E-state index is 0.507. The van der Waals surface area contributed by atoms with Gasteiger partial charge in [-0.2, -0.15) is 0 Å². The summed E-state index contributed by atoms with van der Waals surface area (Å²) in [6.45, 7) is 13.2. The first-order chi connectivity index (χ1) is 13.5. The van der Waals surface area contributed by atoms with Crippen molar-refractivity contribution in [1.82, 2.24) is 0 Å². The molecular weight excluding hydrogens is 348 g/mol. The molecule has 0 saturated carbocycles. The van der Waals surface area contributed by atoms with Crippen LogP contribution in [-0.2, 0) is 4.74 Å². The van der Waals surface area contributed by atoms with Gasteiger partial charge in [-0.3, -0.25) is 0 Å². The lowest BCUT2D eigenvalue weighted by molar-refractivity contribution is 0.146. The maximum atomic E-state index is 5.97. The quantitative estimate of drug-likeness (QED) is 0.583. The topological polar surface area (TPSA) is 24.9 Å². The van der Waals surface area contributed by atoms with Gasteiger partial charge in [-0.15, -0.1) is 0 Å². The van der Waals surface area contributed by atoms with Crippen LogP contribution in [0.3, 0.4) is 0 Å². The zero-order valence-corrected chi connectivity index (χ0v) is 17.9. The summed E-state index contributed by atoms with van der Waals surface area (Å²) in [4.78, 5) is 4.96. The molecule has 4 heteroatoms. The van der Waals surface area contributed by atoms with E-state index in [1.54, 1.807) is 7.11 Å². The fraction of sp³-hybridized carbons (Fsp3) is 0.500. The molecule has 28 heavy (non-hydrogen) atoms. The largest absolute Gasteiger partial charge is 0.489 e. The maximum absolute atomic E-state index is 5.97. The van der Waals surface area contributed by atoms with Crippen LogP contribution < -0.4 is 14.5 Å². The van der Waals surface area contributed by atoms with Gasteiger partial charge in [-0.1, -0.05) is 58.0 Å². The summed E-state index contributed by atoms with van der Waals surface area (Å²) in [5, 5.41) is 0. The predicted molar refractivity (Wildman–Crippen MR) is 118 cm³/mol. The van der Waals surface area contributed by atoms with Crippen LogP contribution in [0.5, 0.6) is 5.75 Å². The number of para-hydroxylation sites is 3. The lowest BCUT2D eigenvalue weighted by Crippen LogP contribution is -2.27. The Balaban J connectivity index is 1.86.